The maximum absolute atomic E-state index is 13.1. The van der Waals surface area contributed by atoms with Gasteiger partial charge in [-0.05, 0) is 38.0 Å². The smallest absolute Gasteiger partial charge is 0.404 e. The van der Waals surface area contributed by atoms with Crippen LogP contribution >= 0.6 is 0 Å². The van der Waals surface area contributed by atoms with Gasteiger partial charge in [-0.3, -0.25) is 8.98 Å². The molecule has 2 N–H and O–H groups in total. The first-order valence-corrected chi connectivity index (χ1v) is 10.3. The summed E-state index contributed by atoms with van der Waals surface area (Å²) in [5.41, 5.74) is -2.43. The number of rotatable bonds is 4. The molecule has 0 spiro atoms. The molecule has 0 aromatic heterocycles. The van der Waals surface area contributed by atoms with Crippen LogP contribution in [0.4, 0.5) is 13.2 Å². The molecule has 0 radical (unpaired) electrons. The zero-order chi connectivity index (χ0) is 20.6. The van der Waals surface area contributed by atoms with Gasteiger partial charge in [0.1, 0.15) is 6.10 Å². The minimum atomic E-state index is -4.59. The average Bonchev–Trinajstić information content (AvgIpc) is 3.25. The third kappa shape index (κ3) is 4.57. The maximum atomic E-state index is 13.1. The first-order valence-electron chi connectivity index (χ1n) is 8.85. The molecule has 3 fully saturated rings. The number of carbonyl (C=O) groups is 1. The molecule has 3 rings (SSSR count). The molecule has 6 unspecified atom stereocenters. The van der Waals surface area contributed by atoms with Crippen LogP contribution in [-0.2, 0) is 28.8 Å². The van der Waals surface area contributed by atoms with E-state index < -0.39 is 34.0 Å². The second-order valence-corrected chi connectivity index (χ2v) is 8.74. The van der Waals surface area contributed by atoms with Gasteiger partial charge in [-0.2, -0.15) is 21.6 Å². The van der Waals surface area contributed by atoms with Crippen LogP contribution < -0.4 is 5.14 Å². The van der Waals surface area contributed by atoms with Crippen molar-refractivity contribution in [2.45, 2.75) is 70.4 Å². The van der Waals surface area contributed by atoms with E-state index in [1.54, 1.807) is 0 Å². The van der Waals surface area contributed by atoms with Gasteiger partial charge in [0.25, 0.3) is 0 Å². The fourth-order valence-corrected chi connectivity index (χ4v) is 4.09. The summed E-state index contributed by atoms with van der Waals surface area (Å²) in [5, 5.41) is 4.28. The third-order valence-electron chi connectivity index (χ3n) is 5.96. The van der Waals surface area contributed by atoms with Crippen LogP contribution in [0.2, 0.25) is 0 Å². The van der Waals surface area contributed by atoms with Crippen molar-refractivity contribution in [1.29, 1.82) is 0 Å². The lowest BCUT2D eigenvalue weighted by Gasteiger charge is -2.33. The number of alkyl halides is 3. The highest BCUT2D eigenvalue weighted by molar-refractivity contribution is 7.84. The monoisotopic (exact) mass is 417 g/mol. The van der Waals surface area contributed by atoms with Crippen molar-refractivity contribution >= 4 is 16.3 Å². The van der Waals surface area contributed by atoms with Crippen LogP contribution in [0.3, 0.4) is 0 Å². The molecule has 2 heterocycles. The molecule has 11 heteroatoms. The van der Waals surface area contributed by atoms with E-state index in [9.17, 15) is 26.4 Å². The average molecular weight is 417 g/mol. The number of hydrogen-bond donors (Lipinski definition) is 1. The highest BCUT2D eigenvalue weighted by Crippen LogP contribution is 2.53. The van der Waals surface area contributed by atoms with Crippen molar-refractivity contribution in [3.8, 4) is 0 Å². The van der Waals surface area contributed by atoms with E-state index in [1.807, 2.05) is 0 Å². The van der Waals surface area contributed by atoms with Crippen molar-refractivity contribution in [2.75, 3.05) is 7.11 Å². The SMILES string of the molecule is CCC(C)(C(=O)OC1CC2OC1C1CCCC21)C(F)(F)F.COS(N)(=O)=O. The van der Waals surface area contributed by atoms with E-state index in [0.29, 0.717) is 18.3 Å². The molecule has 1 aliphatic carbocycles. The van der Waals surface area contributed by atoms with Crippen molar-refractivity contribution < 1.29 is 40.0 Å². The first kappa shape index (κ1) is 22.4. The predicted molar refractivity (Wildman–Crippen MR) is 88.6 cm³/mol. The van der Waals surface area contributed by atoms with Gasteiger partial charge in [-0.1, -0.05) is 13.3 Å². The Kier molecular flexibility index (Phi) is 6.50. The van der Waals surface area contributed by atoms with E-state index in [-0.39, 0.29) is 18.6 Å². The van der Waals surface area contributed by atoms with Crippen LogP contribution in [0.25, 0.3) is 0 Å². The molecule has 0 aromatic carbocycles. The van der Waals surface area contributed by atoms with Crippen LogP contribution in [0.5, 0.6) is 0 Å². The Morgan fingerprint density at radius 2 is 1.81 bits per heavy atom. The lowest BCUT2D eigenvalue weighted by Crippen LogP contribution is -2.46. The van der Waals surface area contributed by atoms with Gasteiger partial charge in [0, 0.05) is 6.42 Å². The second-order valence-electron chi connectivity index (χ2n) is 7.42. The third-order valence-corrected chi connectivity index (χ3v) is 6.43. The number of esters is 1. The van der Waals surface area contributed by atoms with Gasteiger partial charge in [0.05, 0.1) is 19.3 Å². The molecule has 1 saturated carbocycles. The summed E-state index contributed by atoms with van der Waals surface area (Å²) in [6, 6.07) is 0. The van der Waals surface area contributed by atoms with Gasteiger partial charge in [0.2, 0.25) is 0 Å². The standard InChI is InChI=1S/C15H21F3O3.CH5NO3S/c1-3-14(2,15(16,17)18)13(19)21-11-7-10-8-5-4-6-9(8)12(11)20-10;1-5-6(2,3)4/h8-12H,3-7H2,1-2H3;1H3,(H2,2,3,4). The highest BCUT2D eigenvalue weighted by atomic mass is 32.2. The molecular formula is C16H26F3NO6S. The zero-order valence-corrected chi connectivity index (χ0v) is 16.3. The van der Waals surface area contributed by atoms with Crippen LogP contribution in [-0.4, -0.2) is 46.0 Å². The largest absolute Gasteiger partial charge is 0.459 e. The Balaban J connectivity index is 0.000000380. The molecule has 2 bridgehead atoms. The van der Waals surface area contributed by atoms with E-state index in [0.717, 1.165) is 33.3 Å². The molecule has 158 valence electrons. The maximum Gasteiger partial charge on any atom is 0.404 e. The molecule has 0 aromatic rings. The van der Waals surface area contributed by atoms with Crippen molar-refractivity contribution in [3.05, 3.63) is 0 Å². The number of hydrogen-bond acceptors (Lipinski definition) is 6. The van der Waals surface area contributed by atoms with Gasteiger partial charge >= 0.3 is 22.4 Å². The van der Waals surface area contributed by atoms with Crippen LogP contribution in [0.15, 0.2) is 0 Å². The van der Waals surface area contributed by atoms with Gasteiger partial charge in [0.15, 0.2) is 5.41 Å². The Bertz CT molecular complexity index is 655. The minimum absolute atomic E-state index is 0.0686. The Labute approximate surface area is 157 Å². The molecule has 27 heavy (non-hydrogen) atoms. The van der Waals surface area contributed by atoms with Gasteiger partial charge in [-0.15, -0.1) is 0 Å². The van der Waals surface area contributed by atoms with Gasteiger partial charge in [-0.25, -0.2) is 5.14 Å². The van der Waals surface area contributed by atoms with Crippen molar-refractivity contribution in [2.24, 2.45) is 22.4 Å². The summed E-state index contributed by atoms with van der Waals surface area (Å²) in [6.45, 7) is 2.28. The summed E-state index contributed by atoms with van der Waals surface area (Å²) in [6.07, 6.45) is -1.69. The number of halogens is 3. The molecule has 6 atom stereocenters. The molecule has 7 nitrogen and oxygen atoms in total. The molecule has 0 amide bonds. The summed E-state index contributed by atoms with van der Waals surface area (Å²) in [5.74, 6) is -0.279. The minimum Gasteiger partial charge on any atom is -0.459 e. The summed E-state index contributed by atoms with van der Waals surface area (Å²) in [7, 11) is -2.67. The first-order chi connectivity index (χ1) is 12.3. The lowest BCUT2D eigenvalue weighted by molar-refractivity contribution is -0.234. The summed E-state index contributed by atoms with van der Waals surface area (Å²) in [4.78, 5) is 12.1. The predicted octanol–water partition coefficient (Wildman–Crippen LogP) is 2.30. The lowest BCUT2D eigenvalue weighted by atomic mass is 9.80. The number of ether oxygens (including phenoxy) is 2. The van der Waals surface area contributed by atoms with E-state index >= 15 is 0 Å². The summed E-state index contributed by atoms with van der Waals surface area (Å²) >= 11 is 0. The highest BCUT2D eigenvalue weighted by Gasteiger charge is 2.60. The number of fused-ring (bicyclic) bond motifs is 5. The normalized spacial score (nSPS) is 34.4. The van der Waals surface area contributed by atoms with E-state index in [4.69, 9.17) is 9.47 Å². The summed E-state index contributed by atoms with van der Waals surface area (Å²) < 4.78 is 73.2. The van der Waals surface area contributed by atoms with Crippen molar-refractivity contribution in [3.63, 3.8) is 0 Å². The topological polar surface area (TPSA) is 105 Å². The Morgan fingerprint density at radius 3 is 2.30 bits per heavy atom. The molecule has 2 aliphatic heterocycles. The van der Waals surface area contributed by atoms with Gasteiger partial charge < -0.3 is 9.47 Å². The number of carbonyl (C=O) groups excluding carboxylic acids is 1. The fourth-order valence-electron chi connectivity index (χ4n) is 4.09. The molecular weight excluding hydrogens is 391 g/mol. The van der Waals surface area contributed by atoms with Crippen molar-refractivity contribution in [1.82, 2.24) is 0 Å². The quantitative estimate of drug-likeness (QED) is 0.704. The van der Waals surface area contributed by atoms with E-state index in [2.05, 4.69) is 9.32 Å². The van der Waals surface area contributed by atoms with Crippen LogP contribution in [0.1, 0.15) is 46.0 Å². The zero-order valence-electron chi connectivity index (χ0n) is 15.5. The van der Waals surface area contributed by atoms with E-state index in [1.165, 1.54) is 6.92 Å². The van der Waals surface area contributed by atoms with Crippen LogP contribution in [0, 0.1) is 17.3 Å². The Morgan fingerprint density at radius 1 is 1.26 bits per heavy atom. The number of nitrogens with two attached hydrogens (primary N) is 1. The Hall–Kier alpha value is -0.910. The molecule has 3 aliphatic rings. The second kappa shape index (κ2) is 7.84. The molecule has 2 saturated heterocycles. The fraction of sp³-hybridized carbons (Fsp3) is 0.938.